The minimum Gasteiger partial charge on any atom is -0.411 e. The Bertz CT molecular complexity index is 892. The lowest BCUT2D eigenvalue weighted by molar-refractivity contribution is -0.115. The Balaban J connectivity index is 1.65. The second-order valence-electron chi connectivity index (χ2n) is 5.02. The summed E-state index contributed by atoms with van der Waals surface area (Å²) in [5.74, 6) is -0.472. The molecule has 3 rings (SSSR count). The minimum atomic E-state index is -0.582. The molecule has 2 amide bonds. The Morgan fingerprint density at radius 3 is 2.72 bits per heavy atom. The first-order valence-corrected chi connectivity index (χ1v) is 9.04. The molecule has 0 aliphatic heterocycles. The van der Waals surface area contributed by atoms with Gasteiger partial charge in [0.05, 0.1) is 10.8 Å². The predicted molar refractivity (Wildman–Crippen MR) is 96.5 cm³/mol. The number of carbonyl (C=O) groups excluding carboxylic acids is 2. The van der Waals surface area contributed by atoms with E-state index in [-0.39, 0.29) is 5.91 Å². The van der Waals surface area contributed by atoms with E-state index in [4.69, 9.17) is 10.2 Å². The summed E-state index contributed by atoms with van der Waals surface area (Å²) in [6.45, 7) is 1.71. The van der Waals surface area contributed by atoms with Gasteiger partial charge in [-0.3, -0.25) is 9.59 Å². The van der Waals surface area contributed by atoms with Gasteiger partial charge in [0.2, 0.25) is 11.8 Å². The molecular formula is C16H14N4O3S2. The van der Waals surface area contributed by atoms with Crippen molar-refractivity contribution in [3.8, 4) is 11.5 Å². The van der Waals surface area contributed by atoms with Gasteiger partial charge in [0.15, 0.2) is 0 Å². The highest BCUT2D eigenvalue weighted by atomic mass is 32.2. The summed E-state index contributed by atoms with van der Waals surface area (Å²) in [4.78, 5) is 23.6. The monoisotopic (exact) mass is 374 g/mol. The van der Waals surface area contributed by atoms with E-state index < -0.39 is 11.2 Å². The van der Waals surface area contributed by atoms with Crippen molar-refractivity contribution in [1.29, 1.82) is 0 Å². The van der Waals surface area contributed by atoms with Crippen LogP contribution in [0.5, 0.6) is 0 Å². The number of primary amides is 1. The van der Waals surface area contributed by atoms with Crippen molar-refractivity contribution in [2.45, 2.75) is 17.4 Å². The van der Waals surface area contributed by atoms with Crippen molar-refractivity contribution in [3.05, 3.63) is 47.3 Å². The lowest BCUT2D eigenvalue weighted by Crippen LogP contribution is -2.23. The van der Waals surface area contributed by atoms with E-state index in [1.54, 1.807) is 18.4 Å². The molecule has 0 bridgehead atoms. The molecule has 0 radical (unpaired) electrons. The lowest BCUT2D eigenvalue weighted by atomic mass is 10.2. The summed E-state index contributed by atoms with van der Waals surface area (Å²) in [6.07, 6.45) is 0. The number of aromatic nitrogens is 2. The van der Waals surface area contributed by atoms with Crippen molar-refractivity contribution < 1.29 is 14.0 Å². The van der Waals surface area contributed by atoms with Crippen molar-refractivity contribution in [2.24, 2.45) is 5.73 Å². The number of hydrogen-bond acceptors (Lipinski definition) is 7. The van der Waals surface area contributed by atoms with E-state index in [0.717, 1.165) is 17.3 Å². The van der Waals surface area contributed by atoms with Gasteiger partial charge in [-0.15, -0.1) is 21.5 Å². The first kappa shape index (κ1) is 17.2. The Hall–Kier alpha value is -2.65. The second kappa shape index (κ2) is 7.49. The fourth-order valence-corrected chi connectivity index (χ4v) is 3.45. The van der Waals surface area contributed by atoms with Crippen LogP contribution in [0.4, 0.5) is 5.00 Å². The Kier molecular flexibility index (Phi) is 5.15. The van der Waals surface area contributed by atoms with Crippen LogP contribution in [0.25, 0.3) is 11.5 Å². The molecule has 0 saturated carbocycles. The second-order valence-corrected chi connectivity index (χ2v) is 7.22. The van der Waals surface area contributed by atoms with Crippen LogP contribution in [-0.4, -0.2) is 27.3 Å². The molecule has 25 heavy (non-hydrogen) atoms. The van der Waals surface area contributed by atoms with Gasteiger partial charge in [-0.25, -0.2) is 0 Å². The number of carbonyl (C=O) groups is 2. The summed E-state index contributed by atoms with van der Waals surface area (Å²) >= 11 is 2.38. The number of nitrogens with two attached hydrogens (primary N) is 1. The number of nitrogens with one attached hydrogen (secondary N) is 1. The standard InChI is InChI=1S/C16H14N4O3S2/c1-9(13(22)18-15-11(12(17)21)7-8-24-15)25-16-20-19-14(23-16)10-5-3-2-4-6-10/h2-9H,1H3,(H2,17,21)(H,18,22). The zero-order valence-electron chi connectivity index (χ0n) is 13.1. The molecule has 3 N–H and O–H groups in total. The molecule has 0 saturated heterocycles. The number of hydrogen-bond donors (Lipinski definition) is 2. The smallest absolute Gasteiger partial charge is 0.277 e. The Morgan fingerprint density at radius 1 is 1.24 bits per heavy atom. The SMILES string of the molecule is CC(Sc1nnc(-c2ccccc2)o1)C(=O)Nc1sccc1C(N)=O. The Morgan fingerprint density at radius 2 is 2.00 bits per heavy atom. The molecule has 0 aliphatic carbocycles. The van der Waals surface area contributed by atoms with Gasteiger partial charge < -0.3 is 15.5 Å². The van der Waals surface area contributed by atoms with Crippen molar-refractivity contribution >= 4 is 39.9 Å². The molecule has 1 unspecified atom stereocenters. The Labute approximate surface area is 151 Å². The number of nitrogens with zero attached hydrogens (tertiary/aromatic N) is 2. The van der Waals surface area contributed by atoms with Crippen LogP contribution in [0.3, 0.4) is 0 Å². The maximum absolute atomic E-state index is 12.3. The number of rotatable bonds is 6. The van der Waals surface area contributed by atoms with Gasteiger partial charge in [-0.05, 0) is 30.5 Å². The zero-order valence-corrected chi connectivity index (χ0v) is 14.8. The molecule has 9 heteroatoms. The third-order valence-electron chi connectivity index (χ3n) is 3.24. The van der Waals surface area contributed by atoms with Crippen LogP contribution in [0.1, 0.15) is 17.3 Å². The van der Waals surface area contributed by atoms with Gasteiger partial charge in [-0.1, -0.05) is 30.0 Å². The number of amides is 2. The highest BCUT2D eigenvalue weighted by molar-refractivity contribution is 8.00. The van der Waals surface area contributed by atoms with Crippen LogP contribution in [0.2, 0.25) is 0 Å². The molecule has 2 heterocycles. The fraction of sp³-hybridized carbons (Fsp3) is 0.125. The van der Waals surface area contributed by atoms with Crippen LogP contribution in [0.15, 0.2) is 51.4 Å². The third-order valence-corrected chi connectivity index (χ3v) is 5.01. The van der Waals surface area contributed by atoms with E-state index >= 15 is 0 Å². The number of thioether (sulfide) groups is 1. The summed E-state index contributed by atoms with van der Waals surface area (Å²) in [5, 5.41) is 12.6. The first-order valence-electron chi connectivity index (χ1n) is 7.28. The van der Waals surface area contributed by atoms with Crippen LogP contribution in [-0.2, 0) is 4.79 Å². The molecule has 0 spiro atoms. The first-order chi connectivity index (χ1) is 12.0. The minimum absolute atomic E-state index is 0.283. The quantitative estimate of drug-likeness (QED) is 0.642. The van der Waals surface area contributed by atoms with E-state index in [2.05, 4.69) is 15.5 Å². The molecule has 1 aromatic carbocycles. The average molecular weight is 374 g/mol. The highest BCUT2D eigenvalue weighted by Crippen LogP contribution is 2.28. The number of thiophene rings is 1. The molecule has 3 aromatic rings. The predicted octanol–water partition coefficient (Wildman–Crippen LogP) is 3.02. The zero-order chi connectivity index (χ0) is 17.8. The van der Waals surface area contributed by atoms with Gasteiger partial charge in [0, 0.05) is 5.56 Å². The maximum Gasteiger partial charge on any atom is 0.277 e. The highest BCUT2D eigenvalue weighted by Gasteiger charge is 2.21. The summed E-state index contributed by atoms with van der Waals surface area (Å²) in [7, 11) is 0. The van der Waals surface area contributed by atoms with E-state index in [9.17, 15) is 9.59 Å². The number of benzene rings is 1. The fourth-order valence-electron chi connectivity index (χ4n) is 1.97. The van der Waals surface area contributed by atoms with Crippen molar-refractivity contribution in [1.82, 2.24) is 10.2 Å². The van der Waals surface area contributed by atoms with Crippen molar-refractivity contribution in [2.75, 3.05) is 5.32 Å². The number of anilines is 1. The van der Waals surface area contributed by atoms with E-state index in [0.29, 0.717) is 21.7 Å². The van der Waals surface area contributed by atoms with Gasteiger partial charge in [-0.2, -0.15) is 0 Å². The average Bonchev–Trinajstić information content (AvgIpc) is 3.25. The molecular weight excluding hydrogens is 360 g/mol. The van der Waals surface area contributed by atoms with Crippen molar-refractivity contribution in [3.63, 3.8) is 0 Å². The van der Waals surface area contributed by atoms with Gasteiger partial charge in [0.25, 0.3) is 11.1 Å². The van der Waals surface area contributed by atoms with Crippen LogP contribution in [0, 0.1) is 0 Å². The largest absolute Gasteiger partial charge is 0.411 e. The molecule has 2 aromatic heterocycles. The van der Waals surface area contributed by atoms with Crippen LogP contribution >= 0.6 is 23.1 Å². The molecule has 0 fully saturated rings. The molecule has 0 aliphatic rings. The van der Waals surface area contributed by atoms with Gasteiger partial charge in [0.1, 0.15) is 5.00 Å². The molecule has 128 valence electrons. The van der Waals surface area contributed by atoms with E-state index in [1.165, 1.54) is 11.3 Å². The summed E-state index contributed by atoms with van der Waals surface area (Å²) < 4.78 is 5.58. The van der Waals surface area contributed by atoms with E-state index in [1.807, 2.05) is 30.3 Å². The van der Waals surface area contributed by atoms with Gasteiger partial charge >= 0.3 is 0 Å². The topological polar surface area (TPSA) is 111 Å². The molecule has 7 nitrogen and oxygen atoms in total. The lowest BCUT2D eigenvalue weighted by Gasteiger charge is -2.09. The maximum atomic E-state index is 12.3. The normalized spacial score (nSPS) is 11.9. The summed E-state index contributed by atoms with van der Waals surface area (Å²) in [6, 6.07) is 10.9. The third kappa shape index (κ3) is 4.06. The summed E-state index contributed by atoms with van der Waals surface area (Å²) in [5.41, 5.74) is 6.37. The molecule has 1 atom stereocenters. The van der Waals surface area contributed by atoms with Crippen LogP contribution < -0.4 is 11.1 Å².